The molecule has 6 N–H and O–H groups in total. The molecule has 5 atom stereocenters. The first kappa shape index (κ1) is 18.0. The average Bonchev–Trinajstić information content (AvgIpc) is 2.56. The lowest BCUT2D eigenvalue weighted by molar-refractivity contribution is -0.205. The number of aliphatic hydroxyl groups is 4. The van der Waals surface area contributed by atoms with E-state index in [0.29, 0.717) is 0 Å². The summed E-state index contributed by atoms with van der Waals surface area (Å²) in [6.07, 6.45) is -5.12. The molecule has 1 fully saturated rings. The van der Waals surface area contributed by atoms with Gasteiger partial charge in [-0.15, -0.1) is 0 Å². The van der Waals surface area contributed by atoms with Crippen LogP contribution in [0.4, 0.5) is 0 Å². The predicted molar refractivity (Wildman–Crippen MR) is 82.4 cm³/mol. The number of hydrogen-bond acceptors (Lipinski definition) is 9. The van der Waals surface area contributed by atoms with Gasteiger partial charge in [0, 0.05) is 6.42 Å². The molecule has 1 heterocycles. The van der Waals surface area contributed by atoms with Gasteiger partial charge in [0.25, 0.3) is 0 Å². The minimum atomic E-state index is -1.48. The number of aromatic hydroxyl groups is 1. The molecule has 23 heavy (non-hydrogen) atoms. The van der Waals surface area contributed by atoms with Crippen molar-refractivity contribution in [2.75, 3.05) is 6.61 Å². The van der Waals surface area contributed by atoms with Crippen molar-refractivity contribution < 1.29 is 35.5 Å². The Balaban J connectivity index is 2.04. The number of nitrogens with zero attached hydrogens (tertiary/aromatic N) is 1. The zero-order valence-electron chi connectivity index (χ0n) is 12.1. The van der Waals surface area contributed by atoms with Gasteiger partial charge in [-0.25, -0.2) is 0 Å². The summed E-state index contributed by atoms with van der Waals surface area (Å²) < 4.78 is 5.34. The van der Waals surface area contributed by atoms with E-state index in [0.717, 1.165) is 17.3 Å². The highest BCUT2D eigenvalue weighted by molar-refractivity contribution is 8.14. The van der Waals surface area contributed by atoms with Gasteiger partial charge in [-0.1, -0.05) is 29.1 Å². The van der Waals surface area contributed by atoms with Crippen molar-refractivity contribution in [1.29, 1.82) is 0 Å². The Morgan fingerprint density at radius 3 is 2.30 bits per heavy atom. The monoisotopic (exact) mass is 345 g/mol. The number of rotatable bonds is 4. The van der Waals surface area contributed by atoms with Crippen LogP contribution in [0.3, 0.4) is 0 Å². The van der Waals surface area contributed by atoms with Crippen LogP contribution in [0.25, 0.3) is 0 Å². The van der Waals surface area contributed by atoms with Gasteiger partial charge in [0.15, 0.2) is 0 Å². The van der Waals surface area contributed by atoms with E-state index in [9.17, 15) is 20.4 Å². The Kier molecular flexibility index (Phi) is 6.22. The first-order valence-electron chi connectivity index (χ1n) is 6.92. The third-order valence-corrected chi connectivity index (χ3v) is 4.62. The summed E-state index contributed by atoms with van der Waals surface area (Å²) in [6, 6.07) is 6.27. The predicted octanol–water partition coefficient (Wildman–Crippen LogP) is -0.744. The van der Waals surface area contributed by atoms with Gasteiger partial charge in [0.1, 0.15) is 40.6 Å². The van der Waals surface area contributed by atoms with Crippen LogP contribution >= 0.6 is 11.8 Å². The SMILES string of the molecule is OC[C@H]1O[C@@H](S/C(Cc2ccc(O)cc2)=N\O)[C@H](O)[C@@H](O)[C@@H]1O. The number of thioether (sulfide) groups is 1. The van der Waals surface area contributed by atoms with Crippen molar-refractivity contribution >= 4 is 16.8 Å². The fraction of sp³-hybridized carbons (Fsp3) is 0.500. The third-order valence-electron chi connectivity index (χ3n) is 3.50. The molecule has 128 valence electrons. The Morgan fingerprint density at radius 1 is 1.09 bits per heavy atom. The van der Waals surface area contributed by atoms with Crippen molar-refractivity contribution in [2.24, 2.45) is 5.16 Å². The second kappa shape index (κ2) is 7.95. The molecular formula is C14H19NO7S. The maximum atomic E-state index is 9.96. The molecule has 0 bridgehead atoms. The highest BCUT2D eigenvalue weighted by Crippen LogP contribution is 2.30. The van der Waals surface area contributed by atoms with Crippen molar-refractivity contribution in [3.8, 4) is 5.75 Å². The number of hydrogen-bond donors (Lipinski definition) is 6. The highest BCUT2D eigenvalue weighted by atomic mass is 32.2. The van der Waals surface area contributed by atoms with Crippen molar-refractivity contribution in [1.82, 2.24) is 0 Å². The van der Waals surface area contributed by atoms with Crippen LogP contribution in [0.2, 0.25) is 0 Å². The summed E-state index contributed by atoms with van der Waals surface area (Å²) in [7, 11) is 0. The van der Waals surface area contributed by atoms with Crippen LogP contribution < -0.4 is 0 Å². The number of phenols is 1. The van der Waals surface area contributed by atoms with Crippen LogP contribution in [0.1, 0.15) is 5.56 Å². The van der Waals surface area contributed by atoms with E-state index in [1.807, 2.05) is 0 Å². The summed E-state index contributed by atoms with van der Waals surface area (Å²) in [6.45, 7) is -0.522. The van der Waals surface area contributed by atoms with E-state index in [1.165, 1.54) is 12.1 Å². The summed E-state index contributed by atoms with van der Waals surface area (Å²) in [5, 5.41) is 60.3. The smallest absolute Gasteiger partial charge is 0.138 e. The molecule has 1 aromatic rings. The number of ether oxygens (including phenoxy) is 1. The molecule has 1 aliphatic rings. The van der Waals surface area contributed by atoms with E-state index in [4.69, 9.17) is 15.1 Å². The van der Waals surface area contributed by atoms with E-state index in [1.54, 1.807) is 12.1 Å². The van der Waals surface area contributed by atoms with E-state index in [-0.39, 0.29) is 17.2 Å². The standard InChI is InChI=1S/C14H19NO7S/c16-6-9-11(18)12(19)13(20)14(22-9)23-10(15-21)5-7-1-3-8(17)4-2-7/h1-4,9,11-14,16-21H,5-6H2/b15-10-/t9-,11-,12+,13-,14+/m1/s1. The van der Waals surface area contributed by atoms with Crippen LogP contribution in [0.5, 0.6) is 5.75 Å². The van der Waals surface area contributed by atoms with Gasteiger partial charge in [0.05, 0.1) is 6.61 Å². The normalized spacial score (nSPS) is 32.0. The minimum Gasteiger partial charge on any atom is -0.508 e. The first-order chi connectivity index (χ1) is 11.0. The quantitative estimate of drug-likeness (QED) is 0.181. The van der Waals surface area contributed by atoms with Crippen LogP contribution in [0.15, 0.2) is 29.4 Å². The van der Waals surface area contributed by atoms with Crippen molar-refractivity contribution in [3.05, 3.63) is 29.8 Å². The van der Waals surface area contributed by atoms with Crippen molar-refractivity contribution in [2.45, 2.75) is 36.3 Å². The van der Waals surface area contributed by atoms with Gasteiger partial charge in [-0.05, 0) is 17.7 Å². The zero-order valence-corrected chi connectivity index (χ0v) is 12.9. The van der Waals surface area contributed by atoms with Crippen LogP contribution in [-0.2, 0) is 11.2 Å². The molecule has 1 aliphatic heterocycles. The molecule has 8 nitrogen and oxygen atoms in total. The second-order valence-electron chi connectivity index (χ2n) is 5.15. The molecule has 0 spiro atoms. The molecule has 0 saturated carbocycles. The lowest BCUT2D eigenvalue weighted by Crippen LogP contribution is -2.57. The highest BCUT2D eigenvalue weighted by Gasteiger charge is 2.44. The molecule has 2 rings (SSSR count). The molecule has 0 unspecified atom stereocenters. The molecule has 0 aromatic heterocycles. The van der Waals surface area contributed by atoms with Crippen LogP contribution in [-0.4, -0.2) is 72.2 Å². The maximum absolute atomic E-state index is 9.96. The zero-order chi connectivity index (χ0) is 17.0. The van der Waals surface area contributed by atoms with Gasteiger partial charge in [-0.2, -0.15) is 0 Å². The second-order valence-corrected chi connectivity index (χ2v) is 6.32. The van der Waals surface area contributed by atoms with Gasteiger partial charge < -0.3 is 35.5 Å². The number of oxime groups is 1. The third kappa shape index (κ3) is 4.34. The molecule has 1 aromatic carbocycles. The Morgan fingerprint density at radius 2 is 1.74 bits per heavy atom. The van der Waals surface area contributed by atoms with Gasteiger partial charge in [-0.3, -0.25) is 0 Å². The molecule has 1 saturated heterocycles. The van der Waals surface area contributed by atoms with Crippen molar-refractivity contribution in [3.63, 3.8) is 0 Å². The fourth-order valence-electron chi connectivity index (χ4n) is 2.19. The summed E-state index contributed by atoms with van der Waals surface area (Å²) >= 11 is 0.881. The topological polar surface area (TPSA) is 143 Å². The molecule has 0 aliphatic carbocycles. The lowest BCUT2D eigenvalue weighted by atomic mass is 10.0. The molecule has 9 heteroatoms. The Labute approximate surface area is 136 Å². The Hall–Kier alpha value is -1.36. The lowest BCUT2D eigenvalue weighted by Gasteiger charge is -2.39. The van der Waals surface area contributed by atoms with E-state index >= 15 is 0 Å². The summed E-state index contributed by atoms with van der Waals surface area (Å²) in [4.78, 5) is 0. The number of benzene rings is 1. The largest absolute Gasteiger partial charge is 0.508 e. The minimum absolute atomic E-state index is 0.109. The fourth-order valence-corrected chi connectivity index (χ4v) is 3.25. The molecular weight excluding hydrogens is 326 g/mol. The van der Waals surface area contributed by atoms with Crippen LogP contribution in [0, 0.1) is 0 Å². The molecule has 0 radical (unpaired) electrons. The number of aliphatic hydroxyl groups excluding tert-OH is 4. The first-order valence-corrected chi connectivity index (χ1v) is 7.80. The average molecular weight is 345 g/mol. The molecule has 0 amide bonds. The van der Waals surface area contributed by atoms with E-state index in [2.05, 4.69) is 5.16 Å². The maximum Gasteiger partial charge on any atom is 0.138 e. The number of phenolic OH excluding ortho intramolecular Hbond substituents is 1. The van der Waals surface area contributed by atoms with Gasteiger partial charge in [0.2, 0.25) is 0 Å². The van der Waals surface area contributed by atoms with Gasteiger partial charge >= 0.3 is 0 Å². The summed E-state index contributed by atoms with van der Waals surface area (Å²) in [5.41, 5.74) is -0.249. The van der Waals surface area contributed by atoms with E-state index < -0.39 is 36.5 Å². The Bertz CT molecular complexity index is 536. The summed E-state index contributed by atoms with van der Waals surface area (Å²) in [5.74, 6) is 0.109.